The Labute approximate surface area is 95.1 Å². The Morgan fingerprint density at radius 2 is 2.07 bits per heavy atom. The van der Waals surface area contributed by atoms with Gasteiger partial charge in [-0.15, -0.1) is 10.2 Å². The number of benzene rings is 1. The number of hydrogen-bond acceptors (Lipinski definition) is 4. The van der Waals surface area contributed by atoms with Crippen LogP contribution in [-0.2, 0) is 0 Å². The molecule has 0 amide bonds. The molecule has 0 saturated carbocycles. The van der Waals surface area contributed by atoms with Gasteiger partial charge in [-0.05, 0) is 35.0 Å². The summed E-state index contributed by atoms with van der Waals surface area (Å²) in [6.45, 7) is 1.58. The number of aromatic nitrogens is 2. The number of rotatable bonds is 2. The van der Waals surface area contributed by atoms with Gasteiger partial charge in [0.1, 0.15) is 6.10 Å². The number of halogens is 1. The molecule has 2 rings (SSSR count). The molecule has 0 aliphatic carbocycles. The van der Waals surface area contributed by atoms with Gasteiger partial charge in [-0.2, -0.15) is 0 Å². The van der Waals surface area contributed by atoms with E-state index >= 15 is 0 Å². The van der Waals surface area contributed by atoms with Gasteiger partial charge in [0.2, 0.25) is 11.8 Å². The molecule has 1 aromatic heterocycles. The first-order valence-corrected chi connectivity index (χ1v) is 5.24. The molecule has 1 unspecified atom stereocenters. The van der Waals surface area contributed by atoms with Gasteiger partial charge in [-0.1, -0.05) is 12.1 Å². The van der Waals surface area contributed by atoms with E-state index < -0.39 is 6.10 Å². The zero-order valence-electron chi connectivity index (χ0n) is 8.01. The van der Waals surface area contributed by atoms with Crippen LogP contribution in [0.3, 0.4) is 0 Å². The van der Waals surface area contributed by atoms with Gasteiger partial charge in [0.05, 0.1) is 5.56 Å². The number of nitrogens with zero attached hydrogens (tertiary/aromatic N) is 2. The van der Waals surface area contributed by atoms with Crippen LogP contribution in [0.15, 0.2) is 33.2 Å². The monoisotopic (exact) mass is 268 g/mol. The highest BCUT2D eigenvalue weighted by Gasteiger charge is 2.13. The van der Waals surface area contributed by atoms with Crippen LogP contribution in [-0.4, -0.2) is 15.3 Å². The lowest BCUT2D eigenvalue weighted by Gasteiger charge is -1.97. The van der Waals surface area contributed by atoms with Crippen molar-refractivity contribution in [1.29, 1.82) is 0 Å². The molecule has 0 aliphatic rings. The van der Waals surface area contributed by atoms with Crippen LogP contribution in [0, 0.1) is 0 Å². The summed E-state index contributed by atoms with van der Waals surface area (Å²) in [5, 5.41) is 16.9. The highest BCUT2D eigenvalue weighted by Crippen LogP contribution is 2.27. The minimum Gasteiger partial charge on any atom is -0.418 e. The molecule has 4 nitrogen and oxygen atoms in total. The summed E-state index contributed by atoms with van der Waals surface area (Å²) in [6, 6.07) is 7.54. The highest BCUT2D eigenvalue weighted by molar-refractivity contribution is 9.10. The lowest BCUT2D eigenvalue weighted by atomic mass is 10.2. The third-order valence-corrected chi connectivity index (χ3v) is 2.59. The fourth-order valence-electron chi connectivity index (χ4n) is 1.15. The van der Waals surface area contributed by atoms with E-state index in [0.29, 0.717) is 5.89 Å². The van der Waals surface area contributed by atoms with Gasteiger partial charge >= 0.3 is 0 Å². The summed E-state index contributed by atoms with van der Waals surface area (Å²) >= 11 is 3.39. The maximum absolute atomic E-state index is 9.25. The van der Waals surface area contributed by atoms with Crippen molar-refractivity contribution in [3.63, 3.8) is 0 Å². The fourth-order valence-corrected chi connectivity index (χ4v) is 1.60. The molecule has 0 fully saturated rings. The summed E-state index contributed by atoms with van der Waals surface area (Å²) in [4.78, 5) is 0. The van der Waals surface area contributed by atoms with Crippen LogP contribution in [0.5, 0.6) is 0 Å². The van der Waals surface area contributed by atoms with E-state index in [9.17, 15) is 5.11 Å². The van der Waals surface area contributed by atoms with Crippen molar-refractivity contribution in [3.05, 3.63) is 34.6 Å². The Morgan fingerprint density at radius 1 is 1.33 bits per heavy atom. The van der Waals surface area contributed by atoms with E-state index in [4.69, 9.17) is 4.42 Å². The summed E-state index contributed by atoms with van der Waals surface area (Å²) in [6.07, 6.45) is -0.742. The Morgan fingerprint density at radius 3 is 2.67 bits per heavy atom. The van der Waals surface area contributed by atoms with Crippen molar-refractivity contribution >= 4 is 15.9 Å². The van der Waals surface area contributed by atoms with Crippen LogP contribution in [0.25, 0.3) is 11.5 Å². The Hall–Kier alpha value is -1.20. The van der Waals surface area contributed by atoms with Gasteiger partial charge in [0.15, 0.2) is 0 Å². The second kappa shape index (κ2) is 4.12. The van der Waals surface area contributed by atoms with Crippen LogP contribution in [0.1, 0.15) is 18.9 Å². The van der Waals surface area contributed by atoms with E-state index in [1.54, 1.807) is 6.92 Å². The summed E-state index contributed by atoms with van der Waals surface area (Å²) < 4.78 is 6.19. The van der Waals surface area contributed by atoms with E-state index in [1.165, 1.54) is 0 Å². The number of aliphatic hydroxyl groups excluding tert-OH is 1. The third kappa shape index (κ3) is 2.08. The summed E-state index contributed by atoms with van der Waals surface area (Å²) in [5.74, 6) is 0.624. The molecule has 2 aromatic rings. The maximum Gasteiger partial charge on any atom is 0.249 e. The average molecular weight is 269 g/mol. The molecule has 0 aliphatic heterocycles. The molecule has 0 spiro atoms. The first-order chi connectivity index (χ1) is 7.18. The van der Waals surface area contributed by atoms with Crippen molar-refractivity contribution in [2.75, 3.05) is 0 Å². The molecule has 1 aromatic carbocycles. The van der Waals surface area contributed by atoms with Crippen LogP contribution in [0.4, 0.5) is 0 Å². The lowest BCUT2D eigenvalue weighted by molar-refractivity contribution is 0.163. The second-order valence-electron chi connectivity index (χ2n) is 3.10. The molecular weight excluding hydrogens is 260 g/mol. The smallest absolute Gasteiger partial charge is 0.249 e. The molecule has 5 heteroatoms. The topological polar surface area (TPSA) is 59.2 Å². The number of hydrogen-bond donors (Lipinski definition) is 1. The zero-order valence-corrected chi connectivity index (χ0v) is 9.60. The summed E-state index contributed by atoms with van der Waals surface area (Å²) in [5.41, 5.74) is 0.817. The molecule has 0 bridgehead atoms. The van der Waals surface area contributed by atoms with Gasteiger partial charge in [0, 0.05) is 4.47 Å². The molecule has 1 N–H and O–H groups in total. The van der Waals surface area contributed by atoms with Crippen LogP contribution < -0.4 is 0 Å². The van der Waals surface area contributed by atoms with Gasteiger partial charge in [-0.3, -0.25) is 0 Å². The standard InChI is InChI=1S/C10H9BrN2O2/c1-6(14)9-12-13-10(15-9)7-4-2-3-5-8(7)11/h2-6,14H,1H3. The van der Waals surface area contributed by atoms with E-state index in [-0.39, 0.29) is 5.89 Å². The zero-order chi connectivity index (χ0) is 10.8. The molecular formula is C10H9BrN2O2. The van der Waals surface area contributed by atoms with Crippen molar-refractivity contribution < 1.29 is 9.52 Å². The van der Waals surface area contributed by atoms with Crippen LogP contribution in [0.2, 0.25) is 0 Å². The minimum atomic E-state index is -0.742. The Balaban J connectivity index is 2.42. The van der Waals surface area contributed by atoms with Crippen LogP contribution >= 0.6 is 15.9 Å². The normalized spacial score (nSPS) is 12.7. The highest BCUT2D eigenvalue weighted by atomic mass is 79.9. The first kappa shape index (κ1) is 10.3. The first-order valence-electron chi connectivity index (χ1n) is 4.45. The van der Waals surface area contributed by atoms with Gasteiger partial charge in [-0.25, -0.2) is 0 Å². The van der Waals surface area contributed by atoms with Gasteiger partial charge < -0.3 is 9.52 Å². The second-order valence-corrected chi connectivity index (χ2v) is 3.96. The molecule has 0 saturated heterocycles. The predicted octanol–water partition coefficient (Wildman–Crippen LogP) is 2.55. The Kier molecular flexibility index (Phi) is 2.83. The third-order valence-electron chi connectivity index (χ3n) is 1.90. The summed E-state index contributed by atoms with van der Waals surface area (Å²) in [7, 11) is 0. The van der Waals surface area contributed by atoms with E-state index in [0.717, 1.165) is 10.0 Å². The molecule has 1 atom stereocenters. The quantitative estimate of drug-likeness (QED) is 0.910. The molecule has 1 heterocycles. The Bertz CT molecular complexity index is 468. The largest absolute Gasteiger partial charge is 0.418 e. The van der Waals surface area contributed by atoms with Crippen molar-refractivity contribution in [2.45, 2.75) is 13.0 Å². The SMILES string of the molecule is CC(O)c1nnc(-c2ccccc2Br)o1. The predicted molar refractivity (Wildman–Crippen MR) is 58.1 cm³/mol. The van der Waals surface area contributed by atoms with Crippen molar-refractivity contribution in [1.82, 2.24) is 10.2 Å². The number of aliphatic hydroxyl groups is 1. The molecule has 78 valence electrons. The van der Waals surface area contributed by atoms with Crippen molar-refractivity contribution in [2.24, 2.45) is 0 Å². The molecule has 15 heavy (non-hydrogen) atoms. The van der Waals surface area contributed by atoms with Crippen molar-refractivity contribution in [3.8, 4) is 11.5 Å². The van der Waals surface area contributed by atoms with E-state index in [2.05, 4.69) is 26.1 Å². The minimum absolute atomic E-state index is 0.223. The van der Waals surface area contributed by atoms with Gasteiger partial charge in [0.25, 0.3) is 0 Å². The fraction of sp³-hybridized carbons (Fsp3) is 0.200. The lowest BCUT2D eigenvalue weighted by Crippen LogP contribution is -1.89. The maximum atomic E-state index is 9.25. The molecule has 0 radical (unpaired) electrons. The van der Waals surface area contributed by atoms with E-state index in [1.807, 2.05) is 24.3 Å². The average Bonchev–Trinajstić information content (AvgIpc) is 2.67.